The topological polar surface area (TPSA) is 69.0 Å². The van der Waals surface area contributed by atoms with E-state index in [9.17, 15) is 4.79 Å². The number of hydrogen-bond donors (Lipinski definition) is 0. The molecule has 1 fully saturated rings. The lowest BCUT2D eigenvalue weighted by Crippen LogP contribution is -2.36. The van der Waals surface area contributed by atoms with Gasteiger partial charge in [-0.25, -0.2) is 14.3 Å². The monoisotopic (exact) mass is 310 g/mol. The fourth-order valence-corrected chi connectivity index (χ4v) is 2.46. The number of imidazole rings is 1. The second kappa shape index (κ2) is 5.87. The summed E-state index contributed by atoms with van der Waals surface area (Å²) in [6.45, 7) is 4.85. The van der Waals surface area contributed by atoms with Crippen molar-refractivity contribution in [3.8, 4) is 0 Å². The zero-order valence-electron chi connectivity index (χ0n) is 11.6. The molecule has 0 aromatic carbocycles. The standard InChI is InChI=1S/C13H15ClN4O3/c1-2-21-13(19)9-8-18-12(15-9)10(7-11(14)16-18)17-3-5-20-6-4-17/h7-8H,2-6H2,1H3. The number of halogens is 1. The van der Waals surface area contributed by atoms with Gasteiger partial charge in [0, 0.05) is 19.2 Å². The van der Waals surface area contributed by atoms with E-state index < -0.39 is 5.97 Å². The van der Waals surface area contributed by atoms with E-state index in [1.54, 1.807) is 13.0 Å². The molecule has 21 heavy (non-hydrogen) atoms. The summed E-state index contributed by atoms with van der Waals surface area (Å²) in [6.07, 6.45) is 1.53. The maximum Gasteiger partial charge on any atom is 0.358 e. The number of anilines is 1. The van der Waals surface area contributed by atoms with Crippen molar-refractivity contribution in [2.45, 2.75) is 6.92 Å². The number of aromatic nitrogens is 3. The zero-order chi connectivity index (χ0) is 14.8. The predicted octanol–water partition coefficient (Wildman–Crippen LogP) is 1.40. The first-order valence-corrected chi connectivity index (χ1v) is 7.12. The molecule has 2 aromatic heterocycles. The smallest absolute Gasteiger partial charge is 0.358 e. The fraction of sp³-hybridized carbons (Fsp3) is 0.462. The number of carbonyl (C=O) groups excluding carboxylic acids is 1. The van der Waals surface area contributed by atoms with Crippen LogP contribution in [0.4, 0.5) is 5.69 Å². The quantitative estimate of drug-likeness (QED) is 0.798. The van der Waals surface area contributed by atoms with Crippen molar-refractivity contribution in [1.82, 2.24) is 14.6 Å². The highest BCUT2D eigenvalue weighted by Crippen LogP contribution is 2.24. The van der Waals surface area contributed by atoms with Crippen LogP contribution < -0.4 is 4.90 Å². The molecule has 0 unspecified atom stereocenters. The van der Waals surface area contributed by atoms with Crippen LogP contribution in [0.5, 0.6) is 0 Å². The van der Waals surface area contributed by atoms with Crippen molar-refractivity contribution < 1.29 is 14.3 Å². The molecular weight excluding hydrogens is 296 g/mol. The number of nitrogens with zero attached hydrogens (tertiary/aromatic N) is 4. The molecule has 0 radical (unpaired) electrons. The molecule has 3 rings (SSSR count). The number of rotatable bonds is 3. The van der Waals surface area contributed by atoms with Gasteiger partial charge in [-0.15, -0.1) is 0 Å². The summed E-state index contributed by atoms with van der Waals surface area (Å²) in [5, 5.41) is 4.49. The minimum atomic E-state index is -0.466. The van der Waals surface area contributed by atoms with E-state index in [4.69, 9.17) is 21.1 Å². The van der Waals surface area contributed by atoms with Crippen LogP contribution in [-0.2, 0) is 9.47 Å². The van der Waals surface area contributed by atoms with Crippen LogP contribution in [0.25, 0.3) is 5.65 Å². The molecule has 2 aromatic rings. The van der Waals surface area contributed by atoms with Gasteiger partial charge in [0.05, 0.1) is 31.7 Å². The fourth-order valence-electron chi connectivity index (χ4n) is 2.27. The van der Waals surface area contributed by atoms with E-state index in [0.29, 0.717) is 30.6 Å². The molecule has 1 aliphatic rings. The van der Waals surface area contributed by atoms with E-state index >= 15 is 0 Å². The molecule has 3 heterocycles. The molecule has 7 nitrogen and oxygen atoms in total. The number of hydrogen-bond acceptors (Lipinski definition) is 6. The Bertz CT molecular complexity index is 667. The van der Waals surface area contributed by atoms with E-state index in [1.807, 2.05) is 0 Å². The van der Waals surface area contributed by atoms with Crippen molar-refractivity contribution in [1.29, 1.82) is 0 Å². The first-order valence-electron chi connectivity index (χ1n) is 6.75. The van der Waals surface area contributed by atoms with Gasteiger partial charge in [-0.2, -0.15) is 5.10 Å². The van der Waals surface area contributed by atoms with Gasteiger partial charge >= 0.3 is 5.97 Å². The highest BCUT2D eigenvalue weighted by Gasteiger charge is 2.20. The molecule has 0 spiro atoms. The van der Waals surface area contributed by atoms with Crippen LogP contribution in [0.15, 0.2) is 12.3 Å². The van der Waals surface area contributed by atoms with Gasteiger partial charge in [0.25, 0.3) is 0 Å². The Kier molecular flexibility index (Phi) is 3.94. The maximum atomic E-state index is 11.8. The zero-order valence-corrected chi connectivity index (χ0v) is 12.3. The molecule has 112 valence electrons. The summed E-state index contributed by atoms with van der Waals surface area (Å²) < 4.78 is 11.8. The van der Waals surface area contributed by atoms with Crippen LogP contribution in [0, 0.1) is 0 Å². The average Bonchev–Trinajstić information content (AvgIpc) is 2.91. The Labute approximate surface area is 126 Å². The number of fused-ring (bicyclic) bond motifs is 1. The Morgan fingerprint density at radius 3 is 2.95 bits per heavy atom. The van der Waals surface area contributed by atoms with E-state index in [2.05, 4.69) is 15.0 Å². The summed E-state index contributed by atoms with van der Waals surface area (Å²) in [5.74, 6) is -0.466. The number of carbonyl (C=O) groups is 1. The van der Waals surface area contributed by atoms with Crippen LogP contribution in [0.2, 0.25) is 5.15 Å². The average molecular weight is 311 g/mol. The molecule has 0 N–H and O–H groups in total. The van der Waals surface area contributed by atoms with Gasteiger partial charge in [0.15, 0.2) is 16.5 Å². The van der Waals surface area contributed by atoms with Gasteiger partial charge in [-0.1, -0.05) is 11.6 Å². The van der Waals surface area contributed by atoms with Gasteiger partial charge in [-0.3, -0.25) is 0 Å². The minimum Gasteiger partial charge on any atom is -0.461 e. The lowest BCUT2D eigenvalue weighted by Gasteiger charge is -2.28. The van der Waals surface area contributed by atoms with Gasteiger partial charge < -0.3 is 14.4 Å². The molecule has 0 saturated carbocycles. The Hall–Kier alpha value is -1.86. The molecule has 0 aliphatic carbocycles. The molecule has 1 saturated heterocycles. The second-order valence-corrected chi connectivity index (χ2v) is 4.95. The van der Waals surface area contributed by atoms with Crippen molar-refractivity contribution in [2.75, 3.05) is 37.8 Å². The van der Waals surface area contributed by atoms with Gasteiger partial charge in [-0.05, 0) is 6.92 Å². The summed E-state index contributed by atoms with van der Waals surface area (Å²) in [5.41, 5.74) is 1.65. The first-order chi connectivity index (χ1) is 10.2. The molecule has 1 aliphatic heterocycles. The summed E-state index contributed by atoms with van der Waals surface area (Å²) >= 11 is 6.06. The number of morpholine rings is 1. The molecule has 8 heteroatoms. The van der Waals surface area contributed by atoms with E-state index in [1.165, 1.54) is 10.7 Å². The lowest BCUT2D eigenvalue weighted by atomic mass is 10.3. The third-order valence-corrected chi connectivity index (χ3v) is 3.40. The normalized spacial score (nSPS) is 15.4. The van der Waals surface area contributed by atoms with Crippen LogP contribution in [0.1, 0.15) is 17.4 Å². The molecule has 0 amide bonds. The largest absolute Gasteiger partial charge is 0.461 e. The molecule has 0 bridgehead atoms. The third-order valence-electron chi connectivity index (χ3n) is 3.21. The Morgan fingerprint density at radius 1 is 1.48 bits per heavy atom. The lowest BCUT2D eigenvalue weighted by molar-refractivity contribution is 0.0520. The Morgan fingerprint density at radius 2 is 2.24 bits per heavy atom. The van der Waals surface area contributed by atoms with Crippen molar-refractivity contribution in [3.05, 3.63) is 23.1 Å². The number of esters is 1. The van der Waals surface area contributed by atoms with Gasteiger partial charge in [0.1, 0.15) is 0 Å². The highest BCUT2D eigenvalue weighted by molar-refractivity contribution is 6.29. The predicted molar refractivity (Wildman–Crippen MR) is 77.0 cm³/mol. The highest BCUT2D eigenvalue weighted by atomic mass is 35.5. The number of ether oxygens (including phenoxy) is 2. The summed E-state index contributed by atoms with van der Waals surface area (Å²) in [7, 11) is 0. The summed E-state index contributed by atoms with van der Waals surface area (Å²) in [6, 6.07) is 1.75. The van der Waals surface area contributed by atoms with Crippen molar-refractivity contribution in [2.24, 2.45) is 0 Å². The van der Waals surface area contributed by atoms with Crippen LogP contribution in [-0.4, -0.2) is 53.5 Å². The first kappa shape index (κ1) is 14.1. The van der Waals surface area contributed by atoms with Crippen LogP contribution >= 0.6 is 11.6 Å². The molecular formula is C13H15ClN4O3. The second-order valence-electron chi connectivity index (χ2n) is 4.57. The molecule has 0 atom stereocenters. The summed E-state index contributed by atoms with van der Waals surface area (Å²) in [4.78, 5) is 18.2. The van der Waals surface area contributed by atoms with Crippen LogP contribution in [0.3, 0.4) is 0 Å². The maximum absolute atomic E-state index is 11.8. The minimum absolute atomic E-state index is 0.223. The SMILES string of the molecule is CCOC(=O)c1cn2nc(Cl)cc(N3CCOCC3)c2n1. The third kappa shape index (κ3) is 2.79. The van der Waals surface area contributed by atoms with Gasteiger partial charge in [0.2, 0.25) is 0 Å². The van der Waals surface area contributed by atoms with Crippen molar-refractivity contribution >= 4 is 28.9 Å². The van der Waals surface area contributed by atoms with E-state index in [-0.39, 0.29) is 5.69 Å². The Balaban J connectivity index is 2.04. The van der Waals surface area contributed by atoms with Crippen molar-refractivity contribution in [3.63, 3.8) is 0 Å². The van der Waals surface area contributed by atoms with E-state index in [0.717, 1.165) is 18.8 Å².